The molecule has 1 fully saturated rings. The average Bonchev–Trinajstić information content (AvgIpc) is 2.94. The number of thiophene rings is 1. The van der Waals surface area contributed by atoms with Crippen LogP contribution in [0.4, 0.5) is 0 Å². The van der Waals surface area contributed by atoms with E-state index in [1.54, 1.807) is 11.3 Å². The Bertz CT molecular complexity index is 375. The highest BCUT2D eigenvalue weighted by Crippen LogP contribution is 2.18. The Morgan fingerprint density at radius 2 is 2.37 bits per heavy atom. The molecule has 106 valence electrons. The van der Waals surface area contributed by atoms with Gasteiger partial charge < -0.3 is 15.4 Å². The molecule has 0 bridgehead atoms. The van der Waals surface area contributed by atoms with E-state index >= 15 is 0 Å². The molecule has 1 aliphatic rings. The fraction of sp³-hybridized carbons (Fsp3) is 0.643. The zero-order valence-corrected chi connectivity index (χ0v) is 12.2. The maximum absolute atomic E-state index is 11.8. The first-order valence-electron chi connectivity index (χ1n) is 6.91. The second-order valence-electron chi connectivity index (χ2n) is 4.87. The normalized spacial score (nSPS) is 18.2. The monoisotopic (exact) mass is 282 g/mol. The van der Waals surface area contributed by atoms with Gasteiger partial charge in [0.1, 0.15) is 0 Å². The topological polar surface area (TPSA) is 50.4 Å². The zero-order chi connectivity index (χ0) is 13.5. The Morgan fingerprint density at radius 1 is 1.58 bits per heavy atom. The molecule has 1 atom stereocenters. The summed E-state index contributed by atoms with van der Waals surface area (Å²) in [5.74, 6) is 0.0647. The number of carbonyl (C=O) groups is 1. The zero-order valence-electron chi connectivity index (χ0n) is 11.4. The van der Waals surface area contributed by atoms with E-state index in [0.29, 0.717) is 19.1 Å². The Morgan fingerprint density at radius 3 is 3.05 bits per heavy atom. The highest BCUT2D eigenvalue weighted by atomic mass is 32.1. The predicted molar refractivity (Wildman–Crippen MR) is 77.3 cm³/mol. The number of hydrogen-bond acceptors (Lipinski definition) is 4. The number of piperidine rings is 1. The van der Waals surface area contributed by atoms with Crippen LogP contribution in [0.1, 0.15) is 37.1 Å². The molecule has 0 unspecified atom stereocenters. The molecule has 1 aromatic heterocycles. The van der Waals surface area contributed by atoms with Crippen LogP contribution in [0.2, 0.25) is 0 Å². The molecule has 1 saturated heterocycles. The smallest absolute Gasteiger partial charge is 0.222 e. The van der Waals surface area contributed by atoms with Gasteiger partial charge in [-0.25, -0.2) is 0 Å². The minimum absolute atomic E-state index is 0.0647. The van der Waals surface area contributed by atoms with Crippen molar-refractivity contribution in [3.05, 3.63) is 22.4 Å². The van der Waals surface area contributed by atoms with Crippen molar-refractivity contribution in [2.24, 2.45) is 0 Å². The molecular weight excluding hydrogens is 260 g/mol. The summed E-state index contributed by atoms with van der Waals surface area (Å²) in [4.78, 5) is 13.0. The van der Waals surface area contributed by atoms with Gasteiger partial charge in [0, 0.05) is 11.3 Å². The van der Waals surface area contributed by atoms with E-state index in [4.69, 9.17) is 4.74 Å². The first-order chi connectivity index (χ1) is 9.25. The van der Waals surface area contributed by atoms with Crippen LogP contribution in [0, 0.1) is 0 Å². The second kappa shape index (κ2) is 7.62. The van der Waals surface area contributed by atoms with Crippen LogP contribution < -0.4 is 10.6 Å². The van der Waals surface area contributed by atoms with Crippen LogP contribution in [0.25, 0.3) is 0 Å². The fourth-order valence-electron chi connectivity index (χ4n) is 2.20. The maximum Gasteiger partial charge on any atom is 0.222 e. The minimum atomic E-state index is 0.0647. The van der Waals surface area contributed by atoms with Crippen molar-refractivity contribution in [2.75, 3.05) is 19.7 Å². The van der Waals surface area contributed by atoms with Gasteiger partial charge in [-0.3, -0.25) is 4.79 Å². The Kier molecular flexibility index (Phi) is 5.82. The van der Waals surface area contributed by atoms with Crippen LogP contribution in [0.3, 0.4) is 0 Å². The number of hydrogen-bond donors (Lipinski definition) is 2. The summed E-state index contributed by atoms with van der Waals surface area (Å²) < 4.78 is 5.73. The van der Waals surface area contributed by atoms with Crippen molar-refractivity contribution >= 4 is 17.2 Å². The van der Waals surface area contributed by atoms with E-state index in [-0.39, 0.29) is 11.9 Å². The molecule has 0 saturated carbocycles. The lowest BCUT2D eigenvalue weighted by Gasteiger charge is -2.23. The van der Waals surface area contributed by atoms with Gasteiger partial charge in [0.15, 0.2) is 0 Å². The summed E-state index contributed by atoms with van der Waals surface area (Å²) in [5.41, 5.74) is 0. The summed E-state index contributed by atoms with van der Waals surface area (Å²) in [5, 5.41) is 8.32. The number of ether oxygens (including phenoxy) is 1. The van der Waals surface area contributed by atoms with Crippen molar-refractivity contribution in [1.29, 1.82) is 0 Å². The molecule has 0 radical (unpaired) electrons. The lowest BCUT2D eigenvalue weighted by atomic mass is 10.1. The van der Waals surface area contributed by atoms with Crippen LogP contribution in [0.15, 0.2) is 17.5 Å². The lowest BCUT2D eigenvalue weighted by Crippen LogP contribution is -2.33. The van der Waals surface area contributed by atoms with Crippen molar-refractivity contribution in [1.82, 2.24) is 10.6 Å². The first-order valence-corrected chi connectivity index (χ1v) is 7.79. The molecule has 19 heavy (non-hydrogen) atoms. The molecule has 1 aromatic rings. The quantitative estimate of drug-likeness (QED) is 0.840. The highest BCUT2D eigenvalue weighted by Gasteiger charge is 2.14. The van der Waals surface area contributed by atoms with Gasteiger partial charge in [-0.1, -0.05) is 6.07 Å². The van der Waals surface area contributed by atoms with E-state index in [9.17, 15) is 4.79 Å². The van der Waals surface area contributed by atoms with E-state index in [1.807, 2.05) is 24.4 Å². The molecule has 1 amide bonds. The van der Waals surface area contributed by atoms with Gasteiger partial charge in [-0.05, 0) is 44.3 Å². The number of nitrogens with one attached hydrogen (secondary N) is 2. The van der Waals surface area contributed by atoms with Crippen molar-refractivity contribution in [2.45, 2.75) is 38.3 Å². The fourth-order valence-corrected chi connectivity index (χ4v) is 2.94. The molecule has 5 heteroatoms. The summed E-state index contributed by atoms with van der Waals surface area (Å²) in [6, 6.07) is 4.13. The third kappa shape index (κ3) is 4.93. The Labute approximate surface area is 118 Å². The van der Waals surface area contributed by atoms with Crippen molar-refractivity contribution in [3.63, 3.8) is 0 Å². The molecule has 4 nitrogen and oxygen atoms in total. The molecule has 0 spiro atoms. The second-order valence-corrected chi connectivity index (χ2v) is 5.85. The first kappa shape index (κ1) is 14.5. The average molecular weight is 282 g/mol. The molecule has 2 rings (SSSR count). The van der Waals surface area contributed by atoms with E-state index in [2.05, 4.69) is 10.6 Å². The van der Waals surface area contributed by atoms with Gasteiger partial charge in [0.05, 0.1) is 18.8 Å². The summed E-state index contributed by atoms with van der Waals surface area (Å²) >= 11 is 1.67. The SMILES string of the molecule is C[C@@H](NC(=O)CCOC1CCNCC1)c1cccs1. The van der Waals surface area contributed by atoms with E-state index in [0.717, 1.165) is 25.9 Å². The molecular formula is C14H22N2O2S. The molecule has 2 N–H and O–H groups in total. The molecule has 0 aliphatic carbocycles. The molecule has 0 aromatic carbocycles. The third-order valence-electron chi connectivity index (χ3n) is 3.32. The van der Waals surface area contributed by atoms with Crippen molar-refractivity contribution < 1.29 is 9.53 Å². The maximum atomic E-state index is 11.8. The minimum Gasteiger partial charge on any atom is -0.378 e. The summed E-state index contributed by atoms with van der Waals surface area (Å²) in [7, 11) is 0. The van der Waals surface area contributed by atoms with Gasteiger partial charge in [-0.2, -0.15) is 0 Å². The summed E-state index contributed by atoms with van der Waals surface area (Å²) in [6.07, 6.45) is 2.86. The number of carbonyl (C=O) groups excluding carboxylic acids is 1. The lowest BCUT2D eigenvalue weighted by molar-refractivity contribution is -0.123. The Hall–Kier alpha value is -0.910. The van der Waals surface area contributed by atoms with E-state index < -0.39 is 0 Å². The number of rotatable bonds is 6. The molecule has 1 aliphatic heterocycles. The standard InChI is InChI=1S/C14H22N2O2S/c1-11(13-3-2-10-19-13)16-14(17)6-9-18-12-4-7-15-8-5-12/h2-3,10-12,15H,4-9H2,1H3,(H,16,17)/t11-/m1/s1. The van der Waals surface area contributed by atoms with Crippen molar-refractivity contribution in [3.8, 4) is 0 Å². The van der Waals surface area contributed by atoms with Crippen LogP contribution >= 0.6 is 11.3 Å². The number of amides is 1. The van der Waals surface area contributed by atoms with Gasteiger partial charge in [0.25, 0.3) is 0 Å². The van der Waals surface area contributed by atoms with Gasteiger partial charge in [-0.15, -0.1) is 11.3 Å². The summed E-state index contributed by atoms with van der Waals surface area (Å²) in [6.45, 7) is 4.57. The Balaban J connectivity index is 1.61. The van der Waals surface area contributed by atoms with Gasteiger partial charge in [0.2, 0.25) is 5.91 Å². The van der Waals surface area contributed by atoms with Crippen LogP contribution in [-0.4, -0.2) is 31.7 Å². The van der Waals surface area contributed by atoms with E-state index in [1.165, 1.54) is 4.88 Å². The molecule has 2 heterocycles. The van der Waals surface area contributed by atoms with Gasteiger partial charge >= 0.3 is 0 Å². The van der Waals surface area contributed by atoms with Crippen LogP contribution in [0.5, 0.6) is 0 Å². The third-order valence-corrected chi connectivity index (χ3v) is 4.37. The largest absolute Gasteiger partial charge is 0.378 e. The van der Waals surface area contributed by atoms with Crippen LogP contribution in [-0.2, 0) is 9.53 Å². The highest BCUT2D eigenvalue weighted by molar-refractivity contribution is 7.10. The predicted octanol–water partition coefficient (Wildman–Crippen LogP) is 2.08.